The molecule has 2 amide bonds. The molecule has 1 aromatic carbocycles. The summed E-state index contributed by atoms with van der Waals surface area (Å²) in [6.45, 7) is 0.339. The normalized spacial score (nSPS) is 20.3. The number of rotatable bonds is 4. The van der Waals surface area contributed by atoms with Gasteiger partial charge in [0.05, 0.1) is 0 Å². The number of aromatic hydroxyl groups is 1. The molecule has 5 rings (SSSR count). The highest BCUT2D eigenvalue weighted by Crippen LogP contribution is 2.35. The van der Waals surface area contributed by atoms with E-state index in [4.69, 9.17) is 0 Å². The first-order valence-corrected chi connectivity index (χ1v) is 11.7. The fourth-order valence-electron chi connectivity index (χ4n) is 5.37. The highest BCUT2D eigenvalue weighted by atomic mass is 19.1. The maximum atomic E-state index is 13.9. The summed E-state index contributed by atoms with van der Waals surface area (Å²) in [4.78, 5) is 41.0. The van der Waals surface area contributed by atoms with Crippen LogP contribution in [0.15, 0.2) is 29.2 Å². The Morgan fingerprint density at radius 3 is 2.56 bits per heavy atom. The molecule has 2 aliphatic heterocycles. The van der Waals surface area contributed by atoms with E-state index in [1.165, 1.54) is 16.9 Å². The van der Waals surface area contributed by atoms with Crippen LogP contribution < -0.4 is 15.8 Å². The van der Waals surface area contributed by atoms with Crippen LogP contribution in [0.5, 0.6) is 5.75 Å². The highest BCUT2D eigenvalue weighted by molar-refractivity contribution is 5.99. The smallest absolute Gasteiger partial charge is 0.278 e. The lowest BCUT2D eigenvalue weighted by molar-refractivity contribution is 0.0388. The van der Waals surface area contributed by atoms with Gasteiger partial charge in [0.2, 0.25) is 5.43 Å². The summed E-state index contributed by atoms with van der Waals surface area (Å²) in [6.07, 6.45) is 7.53. The van der Waals surface area contributed by atoms with Gasteiger partial charge in [-0.1, -0.05) is 18.9 Å². The van der Waals surface area contributed by atoms with Crippen LogP contribution in [0.1, 0.15) is 71.4 Å². The number of aromatic nitrogens is 1. The molecule has 1 saturated carbocycles. The third-order valence-corrected chi connectivity index (χ3v) is 7.06. The van der Waals surface area contributed by atoms with Crippen LogP contribution in [0.25, 0.3) is 0 Å². The molecule has 0 spiro atoms. The van der Waals surface area contributed by atoms with Crippen LogP contribution in [-0.4, -0.2) is 45.2 Å². The van der Waals surface area contributed by atoms with Crippen molar-refractivity contribution in [3.63, 3.8) is 0 Å². The Hall–Kier alpha value is -3.43. The van der Waals surface area contributed by atoms with Crippen LogP contribution in [-0.2, 0) is 6.54 Å². The first kappa shape index (κ1) is 22.4. The van der Waals surface area contributed by atoms with Gasteiger partial charge in [-0.05, 0) is 38.2 Å². The maximum absolute atomic E-state index is 13.9. The number of nitrogens with zero attached hydrogens (tertiary/aromatic N) is 3. The Bertz CT molecular complexity index is 1210. The van der Waals surface area contributed by atoms with E-state index in [1.807, 2.05) is 9.91 Å². The second kappa shape index (κ2) is 8.73. The first-order chi connectivity index (χ1) is 16.4. The van der Waals surface area contributed by atoms with Gasteiger partial charge in [0.25, 0.3) is 11.8 Å². The van der Waals surface area contributed by atoms with Crippen LogP contribution in [0.3, 0.4) is 0 Å². The van der Waals surface area contributed by atoms with E-state index in [9.17, 15) is 28.3 Å². The first-order valence-electron chi connectivity index (χ1n) is 11.7. The lowest BCUT2D eigenvalue weighted by Crippen LogP contribution is -2.65. The number of nitrogens with one attached hydrogen (secondary N) is 1. The molecule has 3 heterocycles. The molecule has 1 atom stereocenters. The second-order valence-electron chi connectivity index (χ2n) is 9.12. The quantitative estimate of drug-likeness (QED) is 0.714. The Morgan fingerprint density at radius 1 is 1.09 bits per heavy atom. The number of halogens is 2. The van der Waals surface area contributed by atoms with E-state index in [1.54, 1.807) is 0 Å². The van der Waals surface area contributed by atoms with Crippen molar-refractivity contribution in [1.29, 1.82) is 0 Å². The SMILES string of the molecule is O=C(NCc1ccc(F)cc1F)c1cn2c(c(O)c1=O)C(=O)N(C1CCCC1)[C@@H]1CCCCN12. The zero-order valence-corrected chi connectivity index (χ0v) is 18.6. The molecule has 8 nitrogen and oxygen atoms in total. The highest BCUT2D eigenvalue weighted by Gasteiger charge is 2.44. The molecule has 1 aliphatic carbocycles. The topological polar surface area (TPSA) is 94.9 Å². The third kappa shape index (κ3) is 3.70. The molecule has 1 saturated heterocycles. The van der Waals surface area contributed by atoms with Crippen molar-refractivity contribution < 1.29 is 23.5 Å². The monoisotopic (exact) mass is 472 g/mol. The molecular formula is C24H26F2N4O4. The predicted molar refractivity (Wildman–Crippen MR) is 119 cm³/mol. The van der Waals surface area contributed by atoms with Gasteiger partial charge in [-0.2, -0.15) is 0 Å². The van der Waals surface area contributed by atoms with Gasteiger partial charge in [-0.15, -0.1) is 0 Å². The summed E-state index contributed by atoms with van der Waals surface area (Å²) in [6, 6.07) is 3.05. The zero-order valence-electron chi connectivity index (χ0n) is 18.6. The van der Waals surface area contributed by atoms with E-state index in [2.05, 4.69) is 5.32 Å². The summed E-state index contributed by atoms with van der Waals surface area (Å²) in [5, 5.41) is 15.2. The van der Waals surface area contributed by atoms with Crippen molar-refractivity contribution in [3.8, 4) is 5.75 Å². The molecule has 2 fully saturated rings. The number of fused-ring (bicyclic) bond motifs is 3. The van der Waals surface area contributed by atoms with Crippen LogP contribution in [0, 0.1) is 11.6 Å². The van der Waals surface area contributed by atoms with Gasteiger partial charge < -0.3 is 15.3 Å². The number of hydrogen-bond acceptors (Lipinski definition) is 5. The van der Waals surface area contributed by atoms with E-state index in [0.717, 1.165) is 51.0 Å². The molecule has 1 aromatic heterocycles. The van der Waals surface area contributed by atoms with Crippen LogP contribution >= 0.6 is 0 Å². The van der Waals surface area contributed by atoms with Crippen molar-refractivity contribution in [2.24, 2.45) is 0 Å². The number of piperidine rings is 1. The molecule has 3 aliphatic rings. The fraction of sp³-hybridized carbons (Fsp3) is 0.458. The van der Waals surface area contributed by atoms with Crippen molar-refractivity contribution in [1.82, 2.24) is 14.9 Å². The molecule has 0 unspecified atom stereocenters. The van der Waals surface area contributed by atoms with E-state index in [-0.39, 0.29) is 35.6 Å². The minimum atomic E-state index is -0.960. The Morgan fingerprint density at radius 2 is 1.82 bits per heavy atom. The minimum Gasteiger partial charge on any atom is -0.502 e. The van der Waals surface area contributed by atoms with Gasteiger partial charge in [-0.3, -0.25) is 24.1 Å². The molecular weight excluding hydrogens is 446 g/mol. The van der Waals surface area contributed by atoms with E-state index >= 15 is 0 Å². The van der Waals surface area contributed by atoms with Crippen molar-refractivity contribution in [2.45, 2.75) is 63.7 Å². The predicted octanol–water partition coefficient (Wildman–Crippen LogP) is 2.61. The average molecular weight is 472 g/mol. The van der Waals surface area contributed by atoms with Gasteiger partial charge in [0, 0.05) is 37.0 Å². The molecule has 2 aromatic rings. The van der Waals surface area contributed by atoms with Crippen LogP contribution in [0.2, 0.25) is 0 Å². The zero-order chi connectivity index (χ0) is 24.0. The van der Waals surface area contributed by atoms with Crippen LogP contribution in [0.4, 0.5) is 8.78 Å². The van der Waals surface area contributed by atoms with Crippen molar-refractivity contribution in [2.75, 3.05) is 11.6 Å². The lowest BCUT2D eigenvalue weighted by atomic mass is 10.0. The largest absolute Gasteiger partial charge is 0.502 e. The van der Waals surface area contributed by atoms with Gasteiger partial charge in [0.15, 0.2) is 11.4 Å². The summed E-state index contributed by atoms with van der Waals surface area (Å²) in [5.74, 6) is -3.54. The molecule has 10 heteroatoms. The van der Waals surface area contributed by atoms with E-state index < -0.39 is 34.6 Å². The van der Waals surface area contributed by atoms with Crippen molar-refractivity contribution >= 4 is 11.8 Å². The Kier molecular flexibility index (Phi) is 5.75. The van der Waals surface area contributed by atoms with Gasteiger partial charge in [0.1, 0.15) is 23.4 Å². The molecule has 34 heavy (non-hydrogen) atoms. The Labute approximate surface area is 194 Å². The summed E-state index contributed by atoms with van der Waals surface area (Å²) in [5.41, 5.74) is -1.39. The fourth-order valence-corrected chi connectivity index (χ4v) is 5.37. The van der Waals surface area contributed by atoms with Gasteiger partial charge in [-0.25, -0.2) is 8.78 Å². The number of carbonyl (C=O) groups excluding carboxylic acids is 2. The van der Waals surface area contributed by atoms with Gasteiger partial charge >= 0.3 is 0 Å². The average Bonchev–Trinajstić information content (AvgIpc) is 3.34. The number of benzene rings is 1. The number of pyridine rings is 1. The Balaban J connectivity index is 1.49. The molecule has 180 valence electrons. The number of amides is 2. The minimum absolute atomic E-state index is 0.0514. The standard InChI is InChI=1S/C24H26F2N4O4/c25-15-9-8-14(18(26)11-15)12-27-23(33)17-13-29-20(22(32)21(17)31)24(34)30(16-5-1-2-6-16)19-7-3-4-10-28(19)29/h8-9,11,13,16,19,32H,1-7,10,12H2,(H,27,33)/t19-/m1/s1. The maximum Gasteiger partial charge on any atom is 0.278 e. The molecule has 2 N–H and O–H groups in total. The summed E-state index contributed by atoms with van der Waals surface area (Å²) >= 11 is 0. The van der Waals surface area contributed by atoms with Crippen molar-refractivity contribution in [3.05, 3.63) is 63.1 Å². The number of hydrogen-bond donors (Lipinski definition) is 2. The third-order valence-electron chi connectivity index (χ3n) is 7.06. The second-order valence-corrected chi connectivity index (χ2v) is 9.12. The lowest BCUT2D eigenvalue weighted by Gasteiger charge is -2.51. The summed E-state index contributed by atoms with van der Waals surface area (Å²) in [7, 11) is 0. The molecule has 0 bridgehead atoms. The number of carbonyl (C=O) groups is 2. The molecule has 0 radical (unpaired) electrons. The summed E-state index contributed by atoms with van der Waals surface area (Å²) < 4.78 is 28.5. The van der Waals surface area contributed by atoms with E-state index in [0.29, 0.717) is 12.6 Å².